The highest BCUT2D eigenvalue weighted by atomic mass is 19.4. The van der Waals surface area contributed by atoms with Gasteiger partial charge in [0.25, 0.3) is 0 Å². The van der Waals surface area contributed by atoms with E-state index in [0.717, 1.165) is 17.1 Å². The number of aryl methyl sites for hydroxylation is 1. The Morgan fingerprint density at radius 1 is 1.13 bits per heavy atom. The third kappa shape index (κ3) is 4.50. The second-order valence-electron chi connectivity index (χ2n) is 6.92. The summed E-state index contributed by atoms with van der Waals surface area (Å²) < 4.78 is 40.9. The summed E-state index contributed by atoms with van der Waals surface area (Å²) in [4.78, 5) is 15.2. The summed E-state index contributed by atoms with van der Waals surface area (Å²) >= 11 is 0. The topological polar surface area (TPSA) is 86.2 Å². The van der Waals surface area contributed by atoms with Crippen LogP contribution in [-0.4, -0.2) is 26.3 Å². The van der Waals surface area contributed by atoms with Crippen LogP contribution in [0.3, 0.4) is 0 Å². The fourth-order valence-electron chi connectivity index (χ4n) is 3.12. The molecule has 0 aliphatic rings. The van der Waals surface area contributed by atoms with Crippen molar-refractivity contribution >= 4 is 28.5 Å². The number of hydrogen-bond donors (Lipinski definition) is 3. The Labute approximate surface area is 175 Å². The van der Waals surface area contributed by atoms with Crippen LogP contribution in [-0.2, 0) is 12.7 Å². The lowest BCUT2D eigenvalue weighted by molar-refractivity contribution is -0.136. The van der Waals surface area contributed by atoms with Crippen molar-refractivity contribution in [3.63, 3.8) is 0 Å². The van der Waals surface area contributed by atoms with Crippen molar-refractivity contribution in [3.8, 4) is 5.88 Å². The first-order valence-electron chi connectivity index (χ1n) is 9.37. The van der Waals surface area contributed by atoms with Gasteiger partial charge in [-0.2, -0.15) is 13.2 Å². The molecule has 2 heterocycles. The predicted octanol–water partition coefficient (Wildman–Crippen LogP) is 5.35. The van der Waals surface area contributed by atoms with Gasteiger partial charge in [-0.25, -0.2) is 0 Å². The van der Waals surface area contributed by atoms with Crippen molar-refractivity contribution in [2.45, 2.75) is 19.6 Å². The van der Waals surface area contributed by atoms with Gasteiger partial charge in [0.05, 0.1) is 40.9 Å². The van der Waals surface area contributed by atoms with Gasteiger partial charge in [-0.1, -0.05) is 18.2 Å². The number of aliphatic imine (C=N–C) groups is 1. The van der Waals surface area contributed by atoms with E-state index in [2.05, 4.69) is 25.3 Å². The van der Waals surface area contributed by atoms with Crippen LogP contribution in [0.25, 0.3) is 10.9 Å². The molecule has 0 aliphatic heterocycles. The highest BCUT2D eigenvalue weighted by molar-refractivity contribution is 6.02. The molecule has 3 N–H and O–H groups in total. The number of alkyl halides is 3. The first-order chi connectivity index (χ1) is 14.8. The van der Waals surface area contributed by atoms with E-state index >= 15 is 0 Å². The van der Waals surface area contributed by atoms with Crippen LogP contribution in [0.15, 0.2) is 59.9 Å². The van der Waals surface area contributed by atoms with Crippen LogP contribution in [0, 0.1) is 6.92 Å². The predicted molar refractivity (Wildman–Crippen MR) is 113 cm³/mol. The molecule has 4 rings (SSSR count). The van der Waals surface area contributed by atoms with Gasteiger partial charge in [-0.3, -0.25) is 15.0 Å². The molecular weight excluding hydrogens is 407 g/mol. The first kappa shape index (κ1) is 20.4. The van der Waals surface area contributed by atoms with E-state index in [0.29, 0.717) is 16.8 Å². The Morgan fingerprint density at radius 2 is 1.94 bits per heavy atom. The van der Waals surface area contributed by atoms with E-state index in [1.807, 2.05) is 6.07 Å². The van der Waals surface area contributed by atoms with E-state index in [9.17, 15) is 18.3 Å². The normalized spacial score (nSPS) is 12.0. The molecule has 0 fully saturated rings. The number of hydrogen-bond acceptors (Lipinski definition) is 5. The number of aromatic hydroxyl groups is 1. The van der Waals surface area contributed by atoms with Gasteiger partial charge in [-0.05, 0) is 31.2 Å². The maximum Gasteiger partial charge on any atom is 0.418 e. The monoisotopic (exact) mass is 425 g/mol. The molecule has 0 radical (unpaired) electrons. The summed E-state index contributed by atoms with van der Waals surface area (Å²) in [6.45, 7) is 1.88. The number of benzene rings is 2. The molecule has 2 aromatic carbocycles. The number of aromatic amines is 1. The average molecular weight is 425 g/mol. The van der Waals surface area contributed by atoms with Gasteiger partial charge < -0.3 is 15.4 Å². The number of para-hydroxylation sites is 1. The maximum atomic E-state index is 13.6. The summed E-state index contributed by atoms with van der Waals surface area (Å²) in [5.74, 6) is -0.0986. The second kappa shape index (κ2) is 8.10. The standard InChI is InChI=1S/C22H18F3N5O/c1-13-9-27-15(10-26-13)11-29-20-7-6-14(8-18(20)22(23,24)25)28-12-17-16-4-2-3-5-19(16)30-21(17)31/h2-10,12,29-31H,11H2,1H3. The van der Waals surface area contributed by atoms with Crippen LogP contribution in [0.1, 0.15) is 22.5 Å². The minimum absolute atomic E-state index is 0.0798. The van der Waals surface area contributed by atoms with Crippen molar-refractivity contribution in [3.05, 3.63) is 77.4 Å². The molecule has 0 spiro atoms. The van der Waals surface area contributed by atoms with Crippen LogP contribution < -0.4 is 5.32 Å². The van der Waals surface area contributed by atoms with Crippen molar-refractivity contribution in [1.29, 1.82) is 0 Å². The van der Waals surface area contributed by atoms with Gasteiger partial charge in [0.1, 0.15) is 0 Å². The summed E-state index contributed by atoms with van der Waals surface area (Å²) in [5, 5.41) is 13.6. The number of H-pyrrole nitrogens is 1. The summed E-state index contributed by atoms with van der Waals surface area (Å²) in [6.07, 6.45) is -0.157. The highest BCUT2D eigenvalue weighted by Crippen LogP contribution is 2.37. The lowest BCUT2D eigenvalue weighted by Crippen LogP contribution is -2.11. The van der Waals surface area contributed by atoms with Crippen LogP contribution in [0.2, 0.25) is 0 Å². The molecule has 0 aliphatic carbocycles. The zero-order valence-corrected chi connectivity index (χ0v) is 16.4. The van der Waals surface area contributed by atoms with Crippen molar-refractivity contribution in [2.24, 2.45) is 4.99 Å². The number of anilines is 1. The molecule has 0 saturated carbocycles. The van der Waals surface area contributed by atoms with E-state index in [1.54, 1.807) is 31.3 Å². The van der Waals surface area contributed by atoms with Gasteiger partial charge in [0, 0.05) is 29.0 Å². The van der Waals surface area contributed by atoms with E-state index < -0.39 is 11.7 Å². The fourth-order valence-corrected chi connectivity index (χ4v) is 3.12. The molecule has 9 heteroatoms. The third-order valence-corrected chi connectivity index (χ3v) is 4.67. The summed E-state index contributed by atoms with van der Waals surface area (Å²) in [6, 6.07) is 10.9. The Balaban J connectivity index is 1.61. The van der Waals surface area contributed by atoms with Crippen LogP contribution in [0.4, 0.5) is 24.5 Å². The minimum Gasteiger partial charge on any atom is -0.494 e. The first-order valence-corrected chi connectivity index (χ1v) is 9.37. The summed E-state index contributed by atoms with van der Waals surface area (Å²) in [5.41, 5.74) is 1.55. The number of nitrogens with zero attached hydrogens (tertiary/aromatic N) is 3. The largest absolute Gasteiger partial charge is 0.494 e. The lowest BCUT2D eigenvalue weighted by Gasteiger charge is -2.15. The molecule has 2 aromatic heterocycles. The van der Waals surface area contributed by atoms with Gasteiger partial charge in [0.15, 0.2) is 5.88 Å². The van der Waals surface area contributed by atoms with Gasteiger partial charge >= 0.3 is 6.18 Å². The quantitative estimate of drug-likeness (QED) is 0.376. The molecule has 0 bridgehead atoms. The minimum atomic E-state index is -4.57. The van der Waals surface area contributed by atoms with Crippen LogP contribution >= 0.6 is 0 Å². The molecule has 6 nitrogen and oxygen atoms in total. The van der Waals surface area contributed by atoms with Crippen molar-refractivity contribution < 1.29 is 18.3 Å². The van der Waals surface area contributed by atoms with Crippen molar-refractivity contribution in [2.75, 3.05) is 5.32 Å². The number of fused-ring (bicyclic) bond motifs is 1. The van der Waals surface area contributed by atoms with Crippen molar-refractivity contribution in [1.82, 2.24) is 15.0 Å². The molecule has 158 valence electrons. The molecule has 4 aromatic rings. The molecule has 0 atom stereocenters. The van der Waals surface area contributed by atoms with E-state index in [1.165, 1.54) is 24.5 Å². The molecule has 31 heavy (non-hydrogen) atoms. The second-order valence-corrected chi connectivity index (χ2v) is 6.92. The number of halogens is 3. The molecule has 0 unspecified atom stereocenters. The number of nitrogens with one attached hydrogen (secondary N) is 2. The maximum absolute atomic E-state index is 13.6. The fraction of sp³-hybridized carbons (Fsp3) is 0.136. The molecular formula is C22H18F3N5O. The number of aromatic nitrogens is 3. The highest BCUT2D eigenvalue weighted by Gasteiger charge is 2.33. The smallest absolute Gasteiger partial charge is 0.418 e. The van der Waals surface area contributed by atoms with E-state index in [-0.39, 0.29) is 23.8 Å². The van der Waals surface area contributed by atoms with Gasteiger partial charge in [0.2, 0.25) is 0 Å². The zero-order valence-electron chi connectivity index (χ0n) is 16.4. The Morgan fingerprint density at radius 3 is 2.68 bits per heavy atom. The lowest BCUT2D eigenvalue weighted by atomic mass is 10.1. The van der Waals surface area contributed by atoms with Crippen LogP contribution in [0.5, 0.6) is 5.88 Å². The Kier molecular flexibility index (Phi) is 5.33. The Hall–Kier alpha value is -3.88. The third-order valence-electron chi connectivity index (χ3n) is 4.67. The molecule has 0 saturated heterocycles. The average Bonchev–Trinajstić information content (AvgIpc) is 3.06. The molecule has 0 amide bonds. The van der Waals surface area contributed by atoms with Gasteiger partial charge in [-0.15, -0.1) is 0 Å². The SMILES string of the molecule is Cc1cnc(CNc2ccc(N=Cc3c(O)[nH]c4ccccc34)cc2C(F)(F)F)cn1. The van der Waals surface area contributed by atoms with E-state index in [4.69, 9.17) is 0 Å². The zero-order chi connectivity index (χ0) is 22.0. The number of rotatable bonds is 5. The summed E-state index contributed by atoms with van der Waals surface area (Å²) in [7, 11) is 0. The Bertz CT molecular complexity index is 1250.